The molecular formula is C16H26S2. The van der Waals surface area contributed by atoms with Gasteiger partial charge >= 0.3 is 0 Å². The van der Waals surface area contributed by atoms with E-state index in [0.29, 0.717) is 15.9 Å². The summed E-state index contributed by atoms with van der Waals surface area (Å²) in [6, 6.07) is 0. The van der Waals surface area contributed by atoms with Crippen molar-refractivity contribution in [1.29, 1.82) is 0 Å². The van der Waals surface area contributed by atoms with Crippen molar-refractivity contribution in [2.45, 2.75) is 57.5 Å². The summed E-state index contributed by atoms with van der Waals surface area (Å²) in [4.78, 5) is 0. The summed E-state index contributed by atoms with van der Waals surface area (Å²) >= 11 is 4.15. The summed E-state index contributed by atoms with van der Waals surface area (Å²) in [6.07, 6.45) is 6.92. The topological polar surface area (TPSA) is 0 Å². The van der Waals surface area contributed by atoms with E-state index in [4.69, 9.17) is 0 Å². The second-order valence-electron chi connectivity index (χ2n) is 6.69. The Morgan fingerprint density at radius 2 is 1.50 bits per heavy atom. The molecule has 0 nitrogen and oxygen atoms in total. The van der Waals surface area contributed by atoms with Gasteiger partial charge in [0.1, 0.15) is 4.58 Å². The highest BCUT2D eigenvalue weighted by molar-refractivity contribution is 8.17. The third-order valence-corrected chi connectivity index (χ3v) is 6.98. The standard InChI is InChI=1S/C16H26S2/c1-16(2,3)14-11-17-15(18-12-14)10-9-13-7-5-4-6-8-13/h13-15H,4-8,11-12H2,1-3H3. The summed E-state index contributed by atoms with van der Waals surface area (Å²) in [5.74, 6) is 11.2. The van der Waals surface area contributed by atoms with E-state index in [9.17, 15) is 0 Å². The average Bonchev–Trinajstić information content (AvgIpc) is 2.37. The lowest BCUT2D eigenvalue weighted by Gasteiger charge is -2.34. The molecule has 2 heteroatoms. The van der Waals surface area contributed by atoms with Crippen LogP contribution in [-0.2, 0) is 0 Å². The van der Waals surface area contributed by atoms with Gasteiger partial charge in [0.05, 0.1) is 0 Å². The third kappa shape index (κ3) is 4.42. The Bertz CT molecular complexity index is 304. The fourth-order valence-corrected chi connectivity index (χ4v) is 5.88. The lowest BCUT2D eigenvalue weighted by molar-refractivity contribution is 0.293. The van der Waals surface area contributed by atoms with Crippen LogP contribution in [0.15, 0.2) is 0 Å². The van der Waals surface area contributed by atoms with E-state index in [2.05, 4.69) is 56.1 Å². The summed E-state index contributed by atoms with van der Waals surface area (Å²) in [5, 5.41) is 0. The summed E-state index contributed by atoms with van der Waals surface area (Å²) in [7, 11) is 0. The molecule has 2 rings (SSSR count). The van der Waals surface area contributed by atoms with Crippen molar-refractivity contribution in [3.8, 4) is 11.8 Å². The van der Waals surface area contributed by atoms with Crippen LogP contribution in [0.5, 0.6) is 0 Å². The maximum Gasteiger partial charge on any atom is 0.111 e. The molecule has 102 valence electrons. The zero-order valence-electron chi connectivity index (χ0n) is 12.0. The maximum atomic E-state index is 3.55. The molecular weight excluding hydrogens is 256 g/mol. The molecule has 0 aromatic carbocycles. The largest absolute Gasteiger partial charge is 0.134 e. The second-order valence-corrected chi connectivity index (χ2v) is 9.26. The van der Waals surface area contributed by atoms with E-state index < -0.39 is 0 Å². The maximum absolute atomic E-state index is 3.55. The number of rotatable bonds is 0. The first kappa shape index (κ1) is 14.7. The van der Waals surface area contributed by atoms with Gasteiger partial charge in [0, 0.05) is 5.92 Å². The highest BCUT2D eigenvalue weighted by Gasteiger charge is 2.29. The molecule has 1 aliphatic heterocycles. The summed E-state index contributed by atoms with van der Waals surface area (Å²) < 4.78 is 0.547. The molecule has 1 aliphatic carbocycles. The van der Waals surface area contributed by atoms with Crippen molar-refractivity contribution in [2.75, 3.05) is 11.5 Å². The molecule has 1 saturated heterocycles. The Labute approximate surface area is 121 Å². The smallest absolute Gasteiger partial charge is 0.111 e. The summed E-state index contributed by atoms with van der Waals surface area (Å²) in [6.45, 7) is 7.10. The third-order valence-electron chi connectivity index (χ3n) is 4.13. The van der Waals surface area contributed by atoms with E-state index in [0.717, 1.165) is 5.92 Å². The minimum absolute atomic E-state index is 0.460. The molecule has 2 fully saturated rings. The van der Waals surface area contributed by atoms with E-state index in [1.165, 1.54) is 43.6 Å². The second kappa shape index (κ2) is 6.62. The van der Waals surface area contributed by atoms with Crippen LogP contribution >= 0.6 is 23.5 Å². The van der Waals surface area contributed by atoms with Crippen molar-refractivity contribution >= 4 is 23.5 Å². The van der Waals surface area contributed by atoms with Crippen LogP contribution < -0.4 is 0 Å². The van der Waals surface area contributed by atoms with Crippen molar-refractivity contribution < 1.29 is 0 Å². The van der Waals surface area contributed by atoms with Crippen LogP contribution in [-0.4, -0.2) is 16.1 Å². The van der Waals surface area contributed by atoms with Crippen LogP contribution in [0, 0.1) is 29.1 Å². The fraction of sp³-hybridized carbons (Fsp3) is 0.875. The molecule has 1 saturated carbocycles. The SMILES string of the molecule is CC(C)(C)C1CSC(C#CC2CCCCC2)SC1. The molecule has 0 radical (unpaired) electrons. The van der Waals surface area contributed by atoms with Gasteiger partial charge in [-0.2, -0.15) is 0 Å². The van der Waals surface area contributed by atoms with Crippen LogP contribution in [0.2, 0.25) is 0 Å². The van der Waals surface area contributed by atoms with Crippen molar-refractivity contribution in [2.24, 2.45) is 17.3 Å². The van der Waals surface area contributed by atoms with Gasteiger partial charge in [-0.15, -0.1) is 23.5 Å². The predicted octanol–water partition coefficient (Wildman–Crippen LogP) is 5.04. The van der Waals surface area contributed by atoms with Crippen LogP contribution in [0.25, 0.3) is 0 Å². The van der Waals surface area contributed by atoms with E-state index in [1.54, 1.807) is 0 Å². The lowest BCUT2D eigenvalue weighted by Crippen LogP contribution is -2.29. The average molecular weight is 283 g/mol. The molecule has 0 amide bonds. The van der Waals surface area contributed by atoms with Crippen molar-refractivity contribution in [3.05, 3.63) is 0 Å². The Morgan fingerprint density at radius 1 is 0.889 bits per heavy atom. The zero-order chi connectivity index (χ0) is 13.0. The normalized spacial score (nSPS) is 30.6. The van der Waals surface area contributed by atoms with Crippen LogP contribution in [0.4, 0.5) is 0 Å². The predicted molar refractivity (Wildman–Crippen MR) is 86.0 cm³/mol. The number of hydrogen-bond acceptors (Lipinski definition) is 2. The molecule has 0 spiro atoms. The zero-order valence-corrected chi connectivity index (χ0v) is 13.6. The Balaban J connectivity index is 1.78. The van der Waals surface area contributed by atoms with Gasteiger partial charge in [-0.05, 0) is 35.7 Å². The minimum atomic E-state index is 0.460. The molecule has 0 aromatic heterocycles. The monoisotopic (exact) mass is 282 g/mol. The van der Waals surface area contributed by atoms with Gasteiger partial charge in [0.15, 0.2) is 0 Å². The van der Waals surface area contributed by atoms with Gasteiger partial charge < -0.3 is 0 Å². The molecule has 2 aliphatic rings. The molecule has 0 atom stereocenters. The Morgan fingerprint density at radius 3 is 2.06 bits per heavy atom. The molecule has 0 aromatic rings. The van der Waals surface area contributed by atoms with E-state index in [-0.39, 0.29) is 0 Å². The summed E-state index contributed by atoms with van der Waals surface area (Å²) in [5.41, 5.74) is 0.460. The first-order valence-corrected chi connectivity index (χ1v) is 9.40. The molecule has 18 heavy (non-hydrogen) atoms. The van der Waals surface area contributed by atoms with Crippen LogP contribution in [0.3, 0.4) is 0 Å². The van der Waals surface area contributed by atoms with Crippen LogP contribution in [0.1, 0.15) is 52.9 Å². The van der Waals surface area contributed by atoms with E-state index >= 15 is 0 Å². The molecule has 0 bridgehead atoms. The molecule has 0 unspecified atom stereocenters. The highest BCUT2D eigenvalue weighted by Crippen LogP contribution is 2.41. The highest BCUT2D eigenvalue weighted by atomic mass is 32.2. The molecule has 1 heterocycles. The quantitative estimate of drug-likeness (QED) is 0.571. The fourth-order valence-electron chi connectivity index (χ4n) is 2.52. The van der Waals surface area contributed by atoms with Crippen molar-refractivity contribution in [3.63, 3.8) is 0 Å². The first-order chi connectivity index (χ1) is 8.55. The lowest BCUT2D eigenvalue weighted by atomic mass is 9.83. The van der Waals surface area contributed by atoms with Gasteiger partial charge in [-0.3, -0.25) is 0 Å². The van der Waals surface area contributed by atoms with Gasteiger partial charge in [0.2, 0.25) is 0 Å². The first-order valence-electron chi connectivity index (χ1n) is 7.30. The number of hydrogen-bond donors (Lipinski definition) is 0. The Kier molecular flexibility index (Phi) is 5.39. The molecule has 0 N–H and O–H groups in total. The number of thioether (sulfide) groups is 2. The van der Waals surface area contributed by atoms with Gasteiger partial charge in [0.25, 0.3) is 0 Å². The van der Waals surface area contributed by atoms with Crippen molar-refractivity contribution in [1.82, 2.24) is 0 Å². The van der Waals surface area contributed by atoms with Gasteiger partial charge in [-0.1, -0.05) is 51.9 Å². The van der Waals surface area contributed by atoms with E-state index in [1.807, 2.05) is 0 Å². The minimum Gasteiger partial charge on any atom is -0.134 e. The van der Waals surface area contributed by atoms with Gasteiger partial charge in [-0.25, -0.2) is 0 Å². The Hall–Kier alpha value is 0.260.